The zero-order valence-electron chi connectivity index (χ0n) is 47.1. The number of carbonyl (C=O) groups excluding carboxylic acids is 1. The molecular weight excluding hydrogens is 1270 g/mol. The fraction of sp³-hybridized carbons (Fsp3) is 0.898. The van der Waals surface area contributed by atoms with Crippen molar-refractivity contribution < 1.29 is 183 Å². The number of aliphatic carboxylic acids is 2. The first-order valence-corrected chi connectivity index (χ1v) is 30.4. The first kappa shape index (κ1) is 73.0. The highest BCUT2D eigenvalue weighted by Crippen LogP contribution is 2.41. The minimum absolute atomic E-state index is 0.331. The van der Waals surface area contributed by atoms with Crippen LogP contribution in [-0.2, 0) is 80.7 Å². The van der Waals surface area contributed by atoms with Crippen molar-refractivity contribution in [3.63, 3.8) is 0 Å². The molecule has 518 valence electrons. The van der Waals surface area contributed by atoms with Crippen LogP contribution in [0.15, 0.2) is 11.7 Å². The molecule has 0 aliphatic carbocycles. The topological polar surface area (TPSA) is 637 Å². The van der Waals surface area contributed by atoms with Crippen molar-refractivity contribution in [2.45, 2.75) is 208 Å². The van der Waals surface area contributed by atoms with Crippen molar-refractivity contribution in [3.05, 3.63) is 11.7 Å². The van der Waals surface area contributed by atoms with Crippen molar-refractivity contribution in [1.82, 2.24) is 0 Å². The Bertz CT molecular complexity index is 2400. The van der Waals surface area contributed by atoms with Crippen LogP contribution in [0, 0.1) is 0 Å². The fourth-order valence-electron chi connectivity index (χ4n) is 11.1. The Hall–Kier alpha value is -2.79. The van der Waals surface area contributed by atoms with Gasteiger partial charge in [-0.2, -0.15) is 23.5 Å². The molecule has 24 N–H and O–H groups in total. The molecule has 0 aromatic rings. The number of nitrogens with two attached hydrogens (primary N) is 2. The second-order valence-electron chi connectivity index (χ2n) is 22.3. The van der Waals surface area contributed by atoms with Gasteiger partial charge in [-0.05, 0) is 0 Å². The number of aliphatic hydroxyl groups excluding tert-OH is 18. The number of aliphatic hydroxyl groups is 18. The van der Waals surface area contributed by atoms with E-state index in [1.807, 2.05) is 0 Å². The van der Waals surface area contributed by atoms with E-state index in [1.54, 1.807) is 0 Å². The Labute approximate surface area is 516 Å². The van der Waals surface area contributed by atoms with Crippen molar-refractivity contribution in [1.29, 1.82) is 0 Å². The molecule has 21 heterocycles. The summed E-state index contributed by atoms with van der Waals surface area (Å²) in [6.07, 6.45) is -62.4. The predicted molar refractivity (Wildman–Crippen MR) is 284 cm³/mol. The van der Waals surface area contributed by atoms with Gasteiger partial charge < -0.3 is 180 Å². The molecule has 18 fully saturated rings. The summed E-state index contributed by atoms with van der Waals surface area (Å²) in [7, 11) is 0. The van der Waals surface area contributed by atoms with Crippen LogP contribution in [0.1, 0.15) is 6.42 Å². The van der Waals surface area contributed by atoms with Crippen LogP contribution in [0.2, 0.25) is 0 Å². The van der Waals surface area contributed by atoms with Gasteiger partial charge in [0.1, 0.15) is 128 Å². The Balaban J connectivity index is 1.13. The van der Waals surface area contributed by atoms with Crippen LogP contribution >= 0.6 is 23.5 Å². The van der Waals surface area contributed by atoms with E-state index in [0.29, 0.717) is 0 Å². The van der Waals surface area contributed by atoms with Gasteiger partial charge in [0.15, 0.2) is 67.4 Å². The SMILES string of the molecule is N[C@H](CSCC1O[C@@H]2O[C@@H]3C(CO)O[C@@H](O[C@@H]4C(CO)O[C@@H](O[C@@H]5C(CSC[C@@H](N)C(=O)O)O[C@@H](O[C@H]6C(=O)C(O)[C@H](OC6CO)O[C@H]6C(O)CC(CO)(OC6CO)O[C@@H]6C(CO)OC(=C(O)C6O)O[C@H]1C(O)C2O)C(O)[C@H]5O)C(O)C4O)C(O)[C@H]3O)C(=O)O. The summed E-state index contributed by atoms with van der Waals surface area (Å²) in [5.74, 6) is -10.5. The summed E-state index contributed by atoms with van der Waals surface area (Å²) in [6, 6.07) is -2.96. The fourth-order valence-corrected chi connectivity index (χ4v) is 13.2. The number of thioether (sulfide) groups is 2. The molecule has 17 unspecified atom stereocenters. The number of carbonyl (C=O) groups is 3. The van der Waals surface area contributed by atoms with Crippen molar-refractivity contribution in [3.8, 4) is 0 Å². The zero-order valence-corrected chi connectivity index (χ0v) is 48.7. The highest BCUT2D eigenvalue weighted by molar-refractivity contribution is 7.99. The number of ketones is 1. The van der Waals surface area contributed by atoms with E-state index < -0.39 is 289 Å². The van der Waals surface area contributed by atoms with E-state index in [1.165, 1.54) is 0 Å². The second-order valence-corrected chi connectivity index (χ2v) is 24.4. The number of carboxylic acid groups (broad SMARTS) is 2. The lowest BCUT2D eigenvalue weighted by Crippen LogP contribution is -2.68. The molecule has 21 rings (SSSR count). The average molecular weight is 1350 g/mol. The third-order valence-corrected chi connectivity index (χ3v) is 18.4. The van der Waals surface area contributed by atoms with E-state index in [4.69, 9.17) is 77.8 Å². The third kappa shape index (κ3) is 15.5. The molecule has 0 radical (unpaired) electrons. The van der Waals surface area contributed by atoms with Gasteiger partial charge in [-0.3, -0.25) is 14.4 Å². The minimum Gasteiger partial charge on any atom is -0.504 e. The number of Topliss-reactive ketones (excluding diaryl/α,β-unsaturated/α-hetero) is 1. The maximum atomic E-state index is 14.0. The summed E-state index contributed by atoms with van der Waals surface area (Å²) >= 11 is 1.56. The van der Waals surface area contributed by atoms with Crippen LogP contribution < -0.4 is 11.5 Å². The van der Waals surface area contributed by atoms with E-state index in [9.17, 15) is 117 Å². The monoisotopic (exact) mass is 1350 g/mol. The molecule has 14 bridgehead atoms. The van der Waals surface area contributed by atoms with Gasteiger partial charge in [0.2, 0.25) is 5.76 Å². The largest absolute Gasteiger partial charge is 0.504 e. The molecule has 0 amide bonds. The number of ether oxygens (including phenoxy) is 14. The molecule has 39 nitrogen and oxygen atoms in total. The molecule has 21 aliphatic rings. The van der Waals surface area contributed by atoms with E-state index in [2.05, 4.69) is 0 Å². The lowest BCUT2D eigenvalue weighted by atomic mass is 9.94. The Kier molecular flexibility index (Phi) is 25.5. The molecule has 18 saturated heterocycles. The molecular formula is C49H78N2O37S2. The van der Waals surface area contributed by atoms with Crippen LogP contribution in [0.25, 0.3) is 0 Å². The molecule has 90 heavy (non-hydrogen) atoms. The average Bonchev–Trinajstić information content (AvgIpc) is 0.835. The highest BCUT2D eigenvalue weighted by atomic mass is 32.2. The number of hydrogen-bond acceptors (Lipinski definition) is 39. The Morgan fingerprint density at radius 2 is 0.856 bits per heavy atom. The molecule has 21 aliphatic heterocycles. The van der Waals surface area contributed by atoms with Crippen molar-refractivity contribution in [2.24, 2.45) is 11.5 Å². The molecule has 0 spiro atoms. The van der Waals surface area contributed by atoms with Gasteiger partial charge in [0.25, 0.3) is 0 Å². The van der Waals surface area contributed by atoms with Crippen LogP contribution in [-0.4, -0.2) is 384 Å². The first-order chi connectivity index (χ1) is 42.7. The predicted octanol–water partition coefficient (Wildman–Crippen LogP) is -13.3. The quantitative estimate of drug-likeness (QED) is 0.0682. The van der Waals surface area contributed by atoms with Gasteiger partial charge in [-0.25, -0.2) is 0 Å². The lowest BCUT2D eigenvalue weighted by Gasteiger charge is -2.49. The number of rotatable bonds is 16. The minimum atomic E-state index is -2.52. The molecule has 33 atom stereocenters. The summed E-state index contributed by atoms with van der Waals surface area (Å²) in [5, 5.41) is 221. The lowest BCUT2D eigenvalue weighted by molar-refractivity contribution is -0.388. The Morgan fingerprint density at radius 3 is 1.30 bits per heavy atom. The van der Waals surface area contributed by atoms with Crippen LogP contribution in [0.5, 0.6) is 0 Å². The summed E-state index contributed by atoms with van der Waals surface area (Å²) in [4.78, 5) is 37.3. The third-order valence-electron chi connectivity index (χ3n) is 16.1. The maximum absolute atomic E-state index is 14.0. The van der Waals surface area contributed by atoms with E-state index >= 15 is 0 Å². The van der Waals surface area contributed by atoms with Gasteiger partial charge in [0.05, 0.1) is 51.8 Å². The zero-order chi connectivity index (χ0) is 66.0. The smallest absolute Gasteiger partial charge is 0.322 e. The van der Waals surface area contributed by atoms with Gasteiger partial charge in [-0.1, -0.05) is 0 Å². The van der Waals surface area contributed by atoms with Crippen molar-refractivity contribution in [2.75, 3.05) is 62.7 Å². The molecule has 0 aromatic carbocycles. The summed E-state index contributed by atoms with van der Waals surface area (Å²) in [6.45, 7) is -6.81. The van der Waals surface area contributed by atoms with E-state index in [0.717, 1.165) is 23.5 Å². The van der Waals surface area contributed by atoms with Crippen LogP contribution in [0.3, 0.4) is 0 Å². The second kappa shape index (κ2) is 31.4. The van der Waals surface area contributed by atoms with Crippen molar-refractivity contribution >= 4 is 41.2 Å². The first-order valence-electron chi connectivity index (χ1n) is 28.1. The Morgan fingerprint density at radius 1 is 0.456 bits per heavy atom. The van der Waals surface area contributed by atoms with E-state index in [-0.39, 0.29) is 11.5 Å². The van der Waals surface area contributed by atoms with Crippen LogP contribution in [0.4, 0.5) is 0 Å². The molecule has 41 heteroatoms. The normalized spacial score (nSPS) is 47.1. The summed E-state index contributed by atoms with van der Waals surface area (Å²) in [5.41, 5.74) is 11.4. The number of carboxylic acids is 2. The van der Waals surface area contributed by atoms with Gasteiger partial charge >= 0.3 is 17.9 Å². The highest BCUT2D eigenvalue weighted by Gasteiger charge is 2.60. The molecule has 0 saturated carbocycles. The number of hydrogen-bond donors (Lipinski definition) is 22. The standard InChI is InChI=1S/C49H78N2O37S2/c50-12(41(71)72)7-89-9-20-38-25(62)31(68)47(79-20)83-36-15(2-52)75-43(28(65)22(36)59)81-34-14(58)1-49(11-57,87-19(34)6-56)88-40-18(5-55)78-46(33(70)27(40)64)86-39-21(10-90-8-13(51)42(73)74)80-48(32(69)26(39)63)84-37-17(4-54)76-44(29(66)23(37)60)82-35-16(3-53)77-45(85-38)30(67)24(35)61/h12-21,23-32,34-40,43-45,47-48,52-58,60-70H,1-11,50-51H2,(H,71,72)(H,73,74)/t12-,13-,14?,15?,16?,17?,18?,19?,20?,21?,23-,24?,25-,26?,27?,28?,29?,30?,31?,32?,34+,35-,36-,37-,38-,39-,40-,43-,44+,45+,47+,48-,49?/m1/s1. The summed E-state index contributed by atoms with van der Waals surface area (Å²) < 4.78 is 81.7. The van der Waals surface area contributed by atoms with Gasteiger partial charge in [-0.15, -0.1) is 0 Å². The van der Waals surface area contributed by atoms with Gasteiger partial charge in [0, 0.05) is 29.4 Å². The maximum Gasteiger partial charge on any atom is 0.322 e. The molecule has 0 aromatic heterocycles.